The highest BCUT2D eigenvalue weighted by molar-refractivity contribution is 6.31. The number of aromatic nitrogens is 2. The molecule has 1 aromatic carbocycles. The molecule has 1 heterocycles. The van der Waals surface area contributed by atoms with Crippen molar-refractivity contribution < 1.29 is 13.6 Å². The third-order valence-corrected chi connectivity index (χ3v) is 3.81. The van der Waals surface area contributed by atoms with Gasteiger partial charge in [-0.05, 0) is 32.4 Å². The second kappa shape index (κ2) is 6.44. The van der Waals surface area contributed by atoms with Crippen LogP contribution in [0.5, 0.6) is 0 Å². The van der Waals surface area contributed by atoms with Crippen LogP contribution >= 0.6 is 11.6 Å². The summed E-state index contributed by atoms with van der Waals surface area (Å²) in [6.45, 7) is 5.51. The zero-order valence-corrected chi connectivity index (χ0v) is 13.2. The molecule has 2 N–H and O–H groups in total. The number of carbonyl (C=O) groups is 1. The van der Waals surface area contributed by atoms with Crippen LogP contribution < -0.4 is 5.32 Å². The molecule has 118 valence electrons. The molecule has 22 heavy (non-hydrogen) atoms. The molecule has 2 aromatic rings. The average Bonchev–Trinajstić information content (AvgIpc) is 2.79. The van der Waals surface area contributed by atoms with Crippen LogP contribution in [0.25, 0.3) is 0 Å². The number of hydrogen-bond acceptors (Lipinski definition) is 2. The first kappa shape index (κ1) is 16.4. The van der Waals surface area contributed by atoms with E-state index in [1.54, 1.807) is 0 Å². The third-order valence-electron chi connectivity index (χ3n) is 3.46. The highest BCUT2D eigenvalue weighted by atomic mass is 35.5. The summed E-state index contributed by atoms with van der Waals surface area (Å²) in [5.74, 6) is -2.13. The molecule has 0 saturated carbocycles. The Morgan fingerprint density at radius 2 is 2.09 bits per heavy atom. The molecule has 0 radical (unpaired) electrons. The number of carbonyl (C=O) groups excluding carboxylic acids is 1. The zero-order chi connectivity index (χ0) is 16.4. The van der Waals surface area contributed by atoms with Crippen LogP contribution in [0.15, 0.2) is 12.1 Å². The lowest BCUT2D eigenvalue weighted by atomic mass is 10.1. The zero-order valence-electron chi connectivity index (χ0n) is 12.4. The van der Waals surface area contributed by atoms with Gasteiger partial charge in [-0.2, -0.15) is 5.10 Å². The van der Waals surface area contributed by atoms with E-state index in [-0.39, 0.29) is 23.9 Å². The molecule has 0 spiro atoms. The van der Waals surface area contributed by atoms with Crippen LogP contribution in [0.1, 0.15) is 35.5 Å². The van der Waals surface area contributed by atoms with E-state index < -0.39 is 16.7 Å². The predicted octanol–water partition coefficient (Wildman–Crippen LogP) is 3.38. The second-order valence-electron chi connectivity index (χ2n) is 5.15. The molecule has 7 heteroatoms. The van der Waals surface area contributed by atoms with Gasteiger partial charge in [-0.1, -0.05) is 17.7 Å². The minimum absolute atomic E-state index is 0.0525. The van der Waals surface area contributed by atoms with Crippen molar-refractivity contribution in [1.29, 1.82) is 0 Å². The first-order valence-corrected chi connectivity index (χ1v) is 7.12. The van der Waals surface area contributed by atoms with Gasteiger partial charge in [0.25, 0.3) is 0 Å². The molecule has 1 amide bonds. The Labute approximate surface area is 131 Å². The van der Waals surface area contributed by atoms with Crippen molar-refractivity contribution in [2.75, 3.05) is 0 Å². The number of rotatable bonds is 4. The van der Waals surface area contributed by atoms with Gasteiger partial charge in [0.15, 0.2) is 0 Å². The summed E-state index contributed by atoms with van der Waals surface area (Å²) in [6.07, 6.45) is -0.216. The van der Waals surface area contributed by atoms with Crippen molar-refractivity contribution in [3.05, 3.63) is 51.3 Å². The Morgan fingerprint density at radius 3 is 2.68 bits per heavy atom. The molecule has 1 unspecified atom stereocenters. The fourth-order valence-electron chi connectivity index (χ4n) is 2.44. The number of nitrogens with zero attached hydrogens (tertiary/aromatic N) is 1. The molecule has 0 aliphatic heterocycles. The lowest BCUT2D eigenvalue weighted by Gasteiger charge is -2.15. The lowest BCUT2D eigenvalue weighted by Crippen LogP contribution is -2.29. The number of benzene rings is 1. The summed E-state index contributed by atoms with van der Waals surface area (Å²) >= 11 is 5.50. The second-order valence-corrected chi connectivity index (χ2v) is 5.53. The molecule has 1 aromatic heterocycles. The monoisotopic (exact) mass is 327 g/mol. The van der Waals surface area contributed by atoms with Crippen LogP contribution in [0, 0.1) is 25.5 Å². The molecule has 4 nitrogen and oxygen atoms in total. The van der Waals surface area contributed by atoms with Crippen molar-refractivity contribution in [1.82, 2.24) is 15.5 Å². The molecule has 2 rings (SSSR count). The topological polar surface area (TPSA) is 57.8 Å². The highest BCUT2D eigenvalue weighted by Crippen LogP contribution is 2.23. The fraction of sp³-hybridized carbons (Fsp3) is 0.333. The van der Waals surface area contributed by atoms with E-state index in [0.29, 0.717) is 0 Å². The average molecular weight is 328 g/mol. The fourth-order valence-corrected chi connectivity index (χ4v) is 2.62. The quantitative estimate of drug-likeness (QED) is 0.846. The Balaban J connectivity index is 2.09. The summed E-state index contributed by atoms with van der Waals surface area (Å²) in [5, 5.41) is 9.09. The van der Waals surface area contributed by atoms with Crippen LogP contribution in [-0.2, 0) is 11.2 Å². The van der Waals surface area contributed by atoms with Gasteiger partial charge in [0.1, 0.15) is 16.7 Å². The molecule has 0 aliphatic rings. The maximum absolute atomic E-state index is 13.8. The van der Waals surface area contributed by atoms with Gasteiger partial charge >= 0.3 is 0 Å². The van der Waals surface area contributed by atoms with E-state index in [9.17, 15) is 13.6 Å². The highest BCUT2D eigenvalue weighted by Gasteiger charge is 2.19. The van der Waals surface area contributed by atoms with Crippen LogP contribution in [0.2, 0.25) is 5.02 Å². The van der Waals surface area contributed by atoms with E-state index in [0.717, 1.165) is 23.0 Å². The molecular weight excluding hydrogens is 312 g/mol. The summed E-state index contributed by atoms with van der Waals surface area (Å²) in [6, 6.07) is 1.99. The predicted molar refractivity (Wildman–Crippen MR) is 79.7 cm³/mol. The summed E-state index contributed by atoms with van der Waals surface area (Å²) in [4.78, 5) is 12.0. The van der Waals surface area contributed by atoms with Gasteiger partial charge in [-0.15, -0.1) is 0 Å². The Bertz CT molecular complexity index is 696. The van der Waals surface area contributed by atoms with Gasteiger partial charge in [0, 0.05) is 11.3 Å². The minimum atomic E-state index is -0.903. The number of halogens is 3. The maximum atomic E-state index is 13.8. The third kappa shape index (κ3) is 3.27. The van der Waals surface area contributed by atoms with Gasteiger partial charge in [0.2, 0.25) is 5.91 Å². The molecule has 0 saturated heterocycles. The Morgan fingerprint density at radius 1 is 1.41 bits per heavy atom. The first-order chi connectivity index (χ1) is 10.3. The first-order valence-electron chi connectivity index (χ1n) is 6.74. The van der Waals surface area contributed by atoms with Crippen LogP contribution in [-0.4, -0.2) is 16.1 Å². The molecule has 0 bridgehead atoms. The molecule has 0 fully saturated rings. The van der Waals surface area contributed by atoms with Gasteiger partial charge in [0.05, 0.1) is 18.2 Å². The van der Waals surface area contributed by atoms with Crippen LogP contribution in [0.4, 0.5) is 8.78 Å². The molecule has 0 aliphatic carbocycles. The number of H-pyrrole nitrogens is 1. The SMILES string of the molecule is Cc1n[nH]c(C)c1C(C)NC(=O)Cc1ccc(F)c(Cl)c1F. The lowest BCUT2D eigenvalue weighted by molar-refractivity contribution is -0.121. The van der Waals surface area contributed by atoms with Crippen molar-refractivity contribution in [2.45, 2.75) is 33.2 Å². The Kier molecular flexibility index (Phi) is 4.81. The van der Waals surface area contributed by atoms with Gasteiger partial charge < -0.3 is 5.32 Å². The summed E-state index contributed by atoms with van der Waals surface area (Å²) in [7, 11) is 0. The van der Waals surface area contributed by atoms with E-state index in [4.69, 9.17) is 11.6 Å². The summed E-state index contributed by atoms with van der Waals surface area (Å²) < 4.78 is 26.9. The standard InChI is InChI=1S/C15H16ClF2N3O/c1-7(13-8(2)20-21-9(13)3)19-12(22)6-10-4-5-11(17)14(16)15(10)18/h4-5,7H,6H2,1-3H3,(H,19,22)(H,20,21). The van der Waals surface area contributed by atoms with Crippen molar-refractivity contribution >= 4 is 17.5 Å². The molecular formula is C15H16ClF2N3O. The van der Waals surface area contributed by atoms with Crippen molar-refractivity contribution in [3.63, 3.8) is 0 Å². The minimum Gasteiger partial charge on any atom is -0.349 e. The summed E-state index contributed by atoms with van der Waals surface area (Å²) in [5.41, 5.74) is 2.60. The number of aryl methyl sites for hydroxylation is 2. The van der Waals surface area contributed by atoms with E-state index in [2.05, 4.69) is 15.5 Å². The van der Waals surface area contributed by atoms with E-state index in [1.807, 2.05) is 20.8 Å². The van der Waals surface area contributed by atoms with Crippen molar-refractivity contribution in [3.8, 4) is 0 Å². The largest absolute Gasteiger partial charge is 0.349 e. The maximum Gasteiger partial charge on any atom is 0.225 e. The smallest absolute Gasteiger partial charge is 0.225 e. The van der Waals surface area contributed by atoms with E-state index >= 15 is 0 Å². The van der Waals surface area contributed by atoms with Gasteiger partial charge in [-0.25, -0.2) is 8.78 Å². The van der Waals surface area contributed by atoms with Crippen LogP contribution in [0.3, 0.4) is 0 Å². The Hall–Kier alpha value is -1.95. The van der Waals surface area contributed by atoms with Crippen molar-refractivity contribution in [2.24, 2.45) is 0 Å². The number of hydrogen-bond donors (Lipinski definition) is 2. The normalized spacial score (nSPS) is 12.3. The number of amides is 1. The molecule has 1 atom stereocenters. The number of nitrogens with one attached hydrogen (secondary N) is 2. The van der Waals surface area contributed by atoms with E-state index in [1.165, 1.54) is 6.07 Å². The number of aromatic amines is 1. The van der Waals surface area contributed by atoms with Gasteiger partial charge in [-0.3, -0.25) is 9.89 Å².